The van der Waals surface area contributed by atoms with E-state index in [-0.39, 0.29) is 16.3 Å². The minimum atomic E-state index is -0.402. The first-order chi connectivity index (χ1) is 11.6. The Labute approximate surface area is 135 Å². The van der Waals surface area contributed by atoms with Gasteiger partial charge in [0, 0.05) is 30.6 Å². The molecule has 0 amide bonds. The number of fused-ring (bicyclic) bond motifs is 2. The zero-order valence-corrected chi connectivity index (χ0v) is 12.3. The predicted octanol–water partition coefficient (Wildman–Crippen LogP) is 4.15. The van der Waals surface area contributed by atoms with E-state index in [1.807, 2.05) is 12.1 Å². The van der Waals surface area contributed by atoms with Crippen LogP contribution in [0.5, 0.6) is 0 Å². The molecule has 24 heavy (non-hydrogen) atoms. The van der Waals surface area contributed by atoms with Gasteiger partial charge in [-0.1, -0.05) is 6.07 Å². The van der Waals surface area contributed by atoms with Crippen molar-refractivity contribution < 1.29 is 9.85 Å². The van der Waals surface area contributed by atoms with Crippen LogP contribution in [0.2, 0.25) is 0 Å². The third-order valence-corrected chi connectivity index (χ3v) is 3.52. The fourth-order valence-electron chi connectivity index (χ4n) is 2.38. The molecule has 2 N–H and O–H groups in total. The molecule has 120 valence electrons. The molecule has 0 unspecified atom stereocenters. The summed E-state index contributed by atoms with van der Waals surface area (Å²) < 4.78 is 0. The Bertz CT molecular complexity index is 1030. The van der Waals surface area contributed by atoms with Crippen molar-refractivity contribution in [1.82, 2.24) is 9.97 Å². The van der Waals surface area contributed by atoms with E-state index in [1.165, 1.54) is 18.2 Å². The molecule has 0 bridgehead atoms. The predicted molar refractivity (Wildman–Crippen MR) is 89.9 cm³/mol. The highest BCUT2D eigenvalue weighted by Crippen LogP contribution is 2.23. The fraction of sp³-hybridized carbons (Fsp3) is 0. The minimum absolute atomic E-state index is 0.116. The lowest BCUT2D eigenvalue weighted by Gasteiger charge is -1.91. The van der Waals surface area contributed by atoms with Crippen molar-refractivity contribution in [2.45, 2.75) is 0 Å². The molecule has 2 aromatic heterocycles. The van der Waals surface area contributed by atoms with Gasteiger partial charge in [-0.2, -0.15) is 0 Å². The second-order valence-electron chi connectivity index (χ2n) is 4.98. The first-order valence-corrected chi connectivity index (χ1v) is 6.98. The van der Waals surface area contributed by atoms with Crippen LogP contribution in [-0.4, -0.2) is 19.8 Å². The highest BCUT2D eigenvalue weighted by atomic mass is 16.6. The molecular weight excluding hydrogens is 312 g/mol. The molecule has 8 nitrogen and oxygen atoms in total. The van der Waals surface area contributed by atoms with Crippen molar-refractivity contribution in [3.63, 3.8) is 0 Å². The van der Waals surface area contributed by atoms with Gasteiger partial charge in [0.1, 0.15) is 0 Å². The lowest BCUT2D eigenvalue weighted by Crippen LogP contribution is -1.87. The number of hydrogen-bond acceptors (Lipinski definition) is 4. The van der Waals surface area contributed by atoms with E-state index in [9.17, 15) is 20.2 Å². The minimum Gasteiger partial charge on any atom is -0.361 e. The Morgan fingerprint density at radius 1 is 0.792 bits per heavy atom. The molecule has 0 aliphatic carbocycles. The van der Waals surface area contributed by atoms with Crippen LogP contribution in [0.3, 0.4) is 0 Å². The summed E-state index contributed by atoms with van der Waals surface area (Å²) in [5, 5.41) is 22.5. The molecule has 4 aromatic rings. The number of nitrogens with one attached hydrogen (secondary N) is 2. The van der Waals surface area contributed by atoms with E-state index in [1.54, 1.807) is 30.6 Å². The number of hydrogen-bond donors (Lipinski definition) is 2. The van der Waals surface area contributed by atoms with Crippen LogP contribution in [0.25, 0.3) is 21.8 Å². The molecule has 0 fully saturated rings. The average Bonchev–Trinajstić information content (AvgIpc) is 3.22. The van der Waals surface area contributed by atoms with E-state index in [4.69, 9.17) is 0 Å². The molecule has 0 saturated heterocycles. The van der Waals surface area contributed by atoms with Gasteiger partial charge in [-0.15, -0.1) is 0 Å². The summed E-state index contributed by atoms with van der Waals surface area (Å²) in [5.41, 5.74) is 1.85. The summed E-state index contributed by atoms with van der Waals surface area (Å²) in [7, 11) is 0. The van der Waals surface area contributed by atoms with Crippen molar-refractivity contribution in [1.29, 1.82) is 0 Å². The lowest BCUT2D eigenvalue weighted by molar-refractivity contribution is -0.384. The quantitative estimate of drug-likeness (QED) is 0.425. The largest absolute Gasteiger partial charge is 0.361 e. The van der Waals surface area contributed by atoms with Gasteiger partial charge >= 0.3 is 0 Å². The molecule has 8 heteroatoms. The van der Waals surface area contributed by atoms with Gasteiger partial charge in [0.05, 0.1) is 26.3 Å². The fourth-order valence-corrected chi connectivity index (χ4v) is 2.38. The van der Waals surface area contributed by atoms with Crippen LogP contribution >= 0.6 is 0 Å². The molecule has 2 heterocycles. The highest BCUT2D eigenvalue weighted by Gasteiger charge is 2.10. The van der Waals surface area contributed by atoms with Crippen LogP contribution in [0.1, 0.15) is 0 Å². The molecule has 0 aliphatic heterocycles. The Morgan fingerprint density at radius 3 is 2.29 bits per heavy atom. The summed E-state index contributed by atoms with van der Waals surface area (Å²) in [6, 6.07) is 13.3. The first-order valence-electron chi connectivity index (χ1n) is 6.98. The third kappa shape index (κ3) is 2.93. The van der Waals surface area contributed by atoms with Gasteiger partial charge in [-0.3, -0.25) is 20.2 Å². The normalized spacial score (nSPS) is 10.3. The molecule has 0 atom stereocenters. The number of rotatable bonds is 2. The van der Waals surface area contributed by atoms with Crippen molar-refractivity contribution in [2.24, 2.45) is 0 Å². The van der Waals surface area contributed by atoms with Gasteiger partial charge in [-0.25, -0.2) is 0 Å². The molecule has 0 spiro atoms. The number of benzene rings is 2. The van der Waals surface area contributed by atoms with Crippen molar-refractivity contribution in [3.05, 3.63) is 81.2 Å². The smallest absolute Gasteiger partial charge is 0.278 e. The summed E-state index contributed by atoms with van der Waals surface area (Å²) in [6.45, 7) is 0. The zero-order chi connectivity index (χ0) is 17.1. The maximum atomic E-state index is 10.5. The van der Waals surface area contributed by atoms with E-state index < -0.39 is 4.92 Å². The maximum Gasteiger partial charge on any atom is 0.278 e. The first kappa shape index (κ1) is 15.2. The van der Waals surface area contributed by atoms with Crippen molar-refractivity contribution >= 4 is 33.2 Å². The van der Waals surface area contributed by atoms with Crippen LogP contribution in [-0.2, 0) is 0 Å². The number of nitro benzene ring substituents is 2. The van der Waals surface area contributed by atoms with E-state index in [0.717, 1.165) is 16.4 Å². The van der Waals surface area contributed by atoms with Gasteiger partial charge in [0.2, 0.25) is 0 Å². The number of nitro groups is 2. The van der Waals surface area contributed by atoms with Gasteiger partial charge in [0.25, 0.3) is 11.4 Å². The second-order valence-corrected chi connectivity index (χ2v) is 4.98. The van der Waals surface area contributed by atoms with Crippen molar-refractivity contribution in [3.8, 4) is 0 Å². The Morgan fingerprint density at radius 2 is 1.54 bits per heavy atom. The van der Waals surface area contributed by atoms with Gasteiger partial charge < -0.3 is 9.97 Å². The molecule has 0 radical (unpaired) electrons. The van der Waals surface area contributed by atoms with E-state index in [2.05, 4.69) is 9.97 Å². The number of aromatic amines is 2. The molecule has 4 rings (SSSR count). The second kappa shape index (κ2) is 6.21. The average molecular weight is 324 g/mol. The standard InChI is InChI=1S/2C8H6N2O2/c11-10(12)7-2-1-6-3-4-9-8(6)5-7;11-10(12)8-3-1-2-7-6(8)4-5-9-7/h2*1-5,9H. The SMILES string of the molecule is O=[N+]([O-])c1ccc2cc[nH]c2c1.O=[N+]([O-])c1cccc2[nH]ccc12. The summed E-state index contributed by atoms with van der Waals surface area (Å²) >= 11 is 0. The monoisotopic (exact) mass is 324 g/mol. The van der Waals surface area contributed by atoms with Crippen LogP contribution in [0.15, 0.2) is 60.9 Å². The number of aromatic nitrogens is 2. The number of nitrogens with zero attached hydrogens (tertiary/aromatic N) is 2. The Kier molecular flexibility index (Phi) is 3.94. The van der Waals surface area contributed by atoms with Crippen LogP contribution < -0.4 is 0 Å². The molecule has 0 aliphatic rings. The molecular formula is C16H12N4O4. The molecule has 0 saturated carbocycles. The summed E-state index contributed by atoms with van der Waals surface area (Å²) in [5.74, 6) is 0. The Balaban J connectivity index is 0.000000141. The van der Waals surface area contributed by atoms with Crippen LogP contribution in [0, 0.1) is 20.2 Å². The summed E-state index contributed by atoms with van der Waals surface area (Å²) in [4.78, 5) is 25.9. The van der Waals surface area contributed by atoms with Gasteiger partial charge in [-0.05, 0) is 29.7 Å². The summed E-state index contributed by atoms with van der Waals surface area (Å²) in [6.07, 6.45) is 3.45. The maximum absolute atomic E-state index is 10.5. The van der Waals surface area contributed by atoms with E-state index >= 15 is 0 Å². The highest BCUT2D eigenvalue weighted by molar-refractivity contribution is 5.88. The topological polar surface area (TPSA) is 118 Å². The van der Waals surface area contributed by atoms with Crippen LogP contribution in [0.4, 0.5) is 11.4 Å². The third-order valence-electron chi connectivity index (χ3n) is 3.52. The van der Waals surface area contributed by atoms with Crippen molar-refractivity contribution in [2.75, 3.05) is 0 Å². The molecule has 2 aromatic carbocycles. The number of H-pyrrole nitrogens is 2. The van der Waals surface area contributed by atoms with E-state index in [0.29, 0.717) is 5.39 Å². The zero-order valence-electron chi connectivity index (χ0n) is 12.3. The van der Waals surface area contributed by atoms with Gasteiger partial charge in [0.15, 0.2) is 0 Å². The lowest BCUT2D eigenvalue weighted by atomic mass is 10.2. The number of non-ortho nitro benzene ring substituents is 2. The Hall–Kier alpha value is -3.68.